The van der Waals surface area contributed by atoms with Gasteiger partial charge in [-0.3, -0.25) is 4.68 Å². The quantitative estimate of drug-likeness (QED) is 0.860. The van der Waals surface area contributed by atoms with Gasteiger partial charge in [0.25, 0.3) is 0 Å². The molecule has 2 aromatic rings. The van der Waals surface area contributed by atoms with Gasteiger partial charge in [-0.2, -0.15) is 5.10 Å². The van der Waals surface area contributed by atoms with Crippen LogP contribution in [0.3, 0.4) is 0 Å². The van der Waals surface area contributed by atoms with Crippen molar-refractivity contribution in [2.75, 3.05) is 5.32 Å². The normalized spacial score (nSPS) is 10.3. The summed E-state index contributed by atoms with van der Waals surface area (Å²) in [7, 11) is 1.85. The number of pyridine rings is 1. The summed E-state index contributed by atoms with van der Waals surface area (Å²) in [6.45, 7) is 2.02. The van der Waals surface area contributed by atoms with Crippen molar-refractivity contribution < 1.29 is 9.90 Å². The minimum absolute atomic E-state index is 0.0157. The van der Waals surface area contributed by atoms with E-state index in [1.807, 2.05) is 20.2 Å². The minimum atomic E-state index is -1.04. The first kappa shape index (κ1) is 12.1. The van der Waals surface area contributed by atoms with Crippen LogP contribution in [0.1, 0.15) is 23.1 Å². The van der Waals surface area contributed by atoms with E-state index < -0.39 is 5.97 Å². The Morgan fingerprint density at radius 1 is 1.56 bits per heavy atom. The van der Waals surface area contributed by atoms with Crippen LogP contribution >= 0.6 is 0 Å². The Morgan fingerprint density at radius 3 is 3.00 bits per heavy atom. The molecule has 0 saturated heterocycles. The van der Waals surface area contributed by atoms with Gasteiger partial charge in [-0.05, 0) is 18.6 Å². The third-order valence-corrected chi connectivity index (χ3v) is 2.50. The number of nitrogens with zero attached hydrogens (tertiary/aromatic N) is 3. The summed E-state index contributed by atoms with van der Waals surface area (Å²) in [5.74, 6) is -1.04. The van der Waals surface area contributed by atoms with Crippen LogP contribution in [-0.2, 0) is 13.5 Å². The number of rotatable bonds is 4. The number of aromatic carboxylic acids is 1. The zero-order chi connectivity index (χ0) is 13.1. The van der Waals surface area contributed by atoms with Crippen LogP contribution in [0.25, 0.3) is 0 Å². The summed E-state index contributed by atoms with van der Waals surface area (Å²) in [5.41, 5.74) is 2.51. The van der Waals surface area contributed by atoms with Crippen LogP contribution in [0.4, 0.5) is 11.4 Å². The molecule has 0 spiro atoms. The number of anilines is 2. The van der Waals surface area contributed by atoms with Crippen molar-refractivity contribution in [3.8, 4) is 0 Å². The maximum absolute atomic E-state index is 10.8. The molecule has 2 N–H and O–H groups in total. The highest BCUT2D eigenvalue weighted by atomic mass is 16.4. The van der Waals surface area contributed by atoms with Gasteiger partial charge in [0, 0.05) is 25.1 Å². The monoisotopic (exact) mass is 246 g/mol. The van der Waals surface area contributed by atoms with E-state index in [0.29, 0.717) is 5.69 Å². The molecule has 2 heterocycles. The van der Waals surface area contributed by atoms with Crippen molar-refractivity contribution in [1.29, 1.82) is 0 Å². The summed E-state index contributed by atoms with van der Waals surface area (Å²) >= 11 is 0. The van der Waals surface area contributed by atoms with E-state index in [-0.39, 0.29) is 5.69 Å². The van der Waals surface area contributed by atoms with E-state index in [2.05, 4.69) is 15.4 Å². The molecule has 0 amide bonds. The fraction of sp³-hybridized carbons (Fsp3) is 0.250. The van der Waals surface area contributed by atoms with Gasteiger partial charge in [-0.1, -0.05) is 6.92 Å². The van der Waals surface area contributed by atoms with Crippen molar-refractivity contribution in [2.45, 2.75) is 13.3 Å². The topological polar surface area (TPSA) is 80.0 Å². The summed E-state index contributed by atoms with van der Waals surface area (Å²) in [5, 5.41) is 16.3. The summed E-state index contributed by atoms with van der Waals surface area (Å²) < 4.78 is 1.72. The molecular weight excluding hydrogens is 232 g/mol. The van der Waals surface area contributed by atoms with Crippen LogP contribution < -0.4 is 5.32 Å². The first-order valence-corrected chi connectivity index (χ1v) is 5.59. The zero-order valence-electron chi connectivity index (χ0n) is 10.2. The van der Waals surface area contributed by atoms with Gasteiger partial charge in [0.2, 0.25) is 0 Å². The lowest BCUT2D eigenvalue weighted by Crippen LogP contribution is -2.01. The predicted molar refractivity (Wildman–Crippen MR) is 67.1 cm³/mol. The second-order valence-corrected chi connectivity index (χ2v) is 3.88. The zero-order valence-corrected chi connectivity index (χ0v) is 10.2. The molecule has 6 heteroatoms. The molecule has 0 atom stereocenters. The molecule has 0 bridgehead atoms. The molecule has 0 saturated carbocycles. The Bertz CT molecular complexity index is 577. The minimum Gasteiger partial charge on any atom is -0.477 e. The molecule has 0 aliphatic heterocycles. The van der Waals surface area contributed by atoms with E-state index >= 15 is 0 Å². The number of hydrogen-bond acceptors (Lipinski definition) is 4. The lowest BCUT2D eigenvalue weighted by atomic mass is 10.2. The maximum Gasteiger partial charge on any atom is 0.354 e. The Labute approximate surface area is 104 Å². The second kappa shape index (κ2) is 4.87. The SMILES string of the molecule is CCc1nn(C)cc1Nc1ccnc(C(=O)O)c1. The van der Waals surface area contributed by atoms with Gasteiger partial charge in [0.05, 0.1) is 11.4 Å². The molecule has 0 aliphatic rings. The Hall–Kier alpha value is -2.37. The van der Waals surface area contributed by atoms with Gasteiger partial charge in [-0.25, -0.2) is 9.78 Å². The van der Waals surface area contributed by atoms with Gasteiger partial charge in [0.15, 0.2) is 0 Å². The summed E-state index contributed by atoms with van der Waals surface area (Å²) in [4.78, 5) is 14.6. The lowest BCUT2D eigenvalue weighted by Gasteiger charge is -2.05. The number of carbonyl (C=O) groups is 1. The Morgan fingerprint density at radius 2 is 2.33 bits per heavy atom. The van der Waals surface area contributed by atoms with Crippen LogP contribution in [0.5, 0.6) is 0 Å². The van der Waals surface area contributed by atoms with Crippen molar-refractivity contribution in [1.82, 2.24) is 14.8 Å². The predicted octanol–water partition coefficient (Wildman–Crippen LogP) is 1.82. The van der Waals surface area contributed by atoms with Crippen molar-refractivity contribution in [2.24, 2.45) is 7.05 Å². The number of aromatic nitrogens is 3. The van der Waals surface area contributed by atoms with Gasteiger partial charge in [0.1, 0.15) is 5.69 Å². The fourth-order valence-electron chi connectivity index (χ4n) is 1.68. The molecule has 18 heavy (non-hydrogen) atoms. The first-order valence-electron chi connectivity index (χ1n) is 5.59. The molecule has 2 aromatic heterocycles. The largest absolute Gasteiger partial charge is 0.477 e. The Kier molecular flexibility index (Phi) is 3.27. The molecular formula is C12H14N4O2. The van der Waals surface area contributed by atoms with Crippen molar-refractivity contribution >= 4 is 17.3 Å². The molecule has 94 valence electrons. The third-order valence-electron chi connectivity index (χ3n) is 2.50. The average Bonchev–Trinajstić information content (AvgIpc) is 2.69. The highest BCUT2D eigenvalue weighted by Crippen LogP contribution is 2.20. The van der Waals surface area contributed by atoms with Crippen LogP contribution in [0.2, 0.25) is 0 Å². The van der Waals surface area contributed by atoms with Gasteiger partial charge >= 0.3 is 5.97 Å². The number of nitrogens with one attached hydrogen (secondary N) is 1. The molecule has 0 radical (unpaired) electrons. The smallest absolute Gasteiger partial charge is 0.354 e. The average molecular weight is 246 g/mol. The van der Waals surface area contributed by atoms with Crippen molar-refractivity contribution in [3.05, 3.63) is 35.9 Å². The van der Waals surface area contributed by atoms with E-state index in [4.69, 9.17) is 5.11 Å². The van der Waals surface area contributed by atoms with Gasteiger partial charge in [-0.15, -0.1) is 0 Å². The number of carboxylic acid groups (broad SMARTS) is 1. The first-order chi connectivity index (χ1) is 8.60. The molecule has 0 unspecified atom stereocenters. The van der Waals surface area contributed by atoms with Crippen LogP contribution in [0.15, 0.2) is 24.5 Å². The second-order valence-electron chi connectivity index (χ2n) is 3.88. The van der Waals surface area contributed by atoms with E-state index in [1.54, 1.807) is 10.7 Å². The highest BCUT2D eigenvalue weighted by Gasteiger charge is 2.08. The Balaban J connectivity index is 2.28. The van der Waals surface area contributed by atoms with Crippen LogP contribution in [0, 0.1) is 0 Å². The van der Waals surface area contributed by atoms with E-state index in [0.717, 1.165) is 17.8 Å². The summed E-state index contributed by atoms with van der Waals surface area (Å²) in [6, 6.07) is 3.22. The molecule has 0 aromatic carbocycles. The molecule has 0 aliphatic carbocycles. The summed E-state index contributed by atoms with van der Waals surface area (Å²) in [6.07, 6.45) is 4.13. The standard InChI is InChI=1S/C12H14N4O2/c1-3-9-11(7-16(2)15-9)14-8-4-5-13-10(6-8)12(17)18/h4-7H,3H2,1-2H3,(H,13,14)(H,17,18). The number of carboxylic acids is 1. The maximum atomic E-state index is 10.8. The van der Waals surface area contributed by atoms with Crippen molar-refractivity contribution in [3.63, 3.8) is 0 Å². The van der Waals surface area contributed by atoms with Gasteiger partial charge < -0.3 is 10.4 Å². The highest BCUT2D eigenvalue weighted by molar-refractivity contribution is 5.86. The van der Waals surface area contributed by atoms with E-state index in [1.165, 1.54) is 12.3 Å². The lowest BCUT2D eigenvalue weighted by molar-refractivity contribution is 0.0690. The van der Waals surface area contributed by atoms with E-state index in [9.17, 15) is 4.79 Å². The molecule has 0 fully saturated rings. The van der Waals surface area contributed by atoms with Crippen LogP contribution in [-0.4, -0.2) is 25.8 Å². The number of aryl methyl sites for hydroxylation is 2. The number of hydrogen-bond donors (Lipinski definition) is 2. The molecule has 2 rings (SSSR count). The third kappa shape index (κ3) is 2.48. The molecule has 6 nitrogen and oxygen atoms in total. The fourth-order valence-corrected chi connectivity index (χ4v) is 1.68.